The minimum atomic E-state index is -1.03. The molecule has 0 radical (unpaired) electrons. The van der Waals surface area contributed by atoms with Gasteiger partial charge in [-0.15, -0.1) is 0 Å². The van der Waals surface area contributed by atoms with Crippen molar-refractivity contribution >= 4 is 23.4 Å². The number of halogens is 1. The third kappa shape index (κ3) is 3.39. The van der Waals surface area contributed by atoms with Crippen LogP contribution in [-0.2, 0) is 9.53 Å². The van der Waals surface area contributed by atoms with E-state index >= 15 is 0 Å². The summed E-state index contributed by atoms with van der Waals surface area (Å²) in [4.78, 5) is 24.3. The van der Waals surface area contributed by atoms with E-state index in [4.69, 9.17) is 16.3 Å². The maximum Gasteiger partial charge on any atom is 0.340 e. The van der Waals surface area contributed by atoms with Crippen LogP contribution in [-0.4, -0.2) is 29.1 Å². The maximum atomic E-state index is 12.3. The van der Waals surface area contributed by atoms with Crippen LogP contribution in [0.25, 0.3) is 0 Å². The summed E-state index contributed by atoms with van der Waals surface area (Å²) in [5, 5.41) is 10.6. The molecule has 4 nitrogen and oxygen atoms in total. The van der Waals surface area contributed by atoms with Crippen molar-refractivity contribution in [1.29, 1.82) is 0 Å². The molecule has 2 unspecified atom stereocenters. The molecular weight excluding hydrogens is 304 g/mol. The zero-order valence-corrected chi connectivity index (χ0v) is 13.6. The maximum absolute atomic E-state index is 12.3. The summed E-state index contributed by atoms with van der Waals surface area (Å²) < 4.78 is 5.49. The number of carbonyl (C=O) groups excluding carboxylic acids is 2. The number of benzene rings is 1. The first-order chi connectivity index (χ1) is 10.2. The van der Waals surface area contributed by atoms with Crippen molar-refractivity contribution in [2.75, 3.05) is 0 Å². The number of hydrogen-bond acceptors (Lipinski definition) is 4. The molecule has 0 amide bonds. The highest BCUT2D eigenvalue weighted by molar-refractivity contribution is 6.33. The van der Waals surface area contributed by atoms with Gasteiger partial charge in [-0.2, -0.15) is 0 Å². The van der Waals surface area contributed by atoms with E-state index in [0.29, 0.717) is 5.57 Å². The number of aliphatic hydroxyl groups is 1. The molecule has 1 aromatic carbocycles. The first-order valence-corrected chi connectivity index (χ1v) is 7.45. The second-order valence-electron chi connectivity index (χ2n) is 6.23. The summed E-state index contributed by atoms with van der Waals surface area (Å²) in [6.07, 6.45) is -0.209. The Balaban J connectivity index is 2.28. The van der Waals surface area contributed by atoms with Crippen LogP contribution >= 0.6 is 11.6 Å². The number of carbonyl (C=O) groups is 2. The number of Topliss-reactive ketones (excluding diaryl/α,β-unsaturated/α-hetero) is 1. The lowest BCUT2D eigenvalue weighted by Crippen LogP contribution is -2.42. The minimum Gasteiger partial charge on any atom is -0.455 e. The Bertz CT molecular complexity index is 633. The van der Waals surface area contributed by atoms with E-state index in [1.165, 1.54) is 6.08 Å². The Kier molecular flexibility index (Phi) is 4.73. The highest BCUT2D eigenvalue weighted by Crippen LogP contribution is 2.35. The molecule has 0 fully saturated rings. The van der Waals surface area contributed by atoms with Crippen LogP contribution in [0.4, 0.5) is 0 Å². The van der Waals surface area contributed by atoms with Crippen molar-refractivity contribution in [3.63, 3.8) is 0 Å². The lowest BCUT2D eigenvalue weighted by molar-refractivity contribution is -0.119. The molecule has 0 bridgehead atoms. The van der Waals surface area contributed by atoms with E-state index in [9.17, 15) is 14.7 Å². The van der Waals surface area contributed by atoms with Gasteiger partial charge in [-0.25, -0.2) is 4.79 Å². The van der Waals surface area contributed by atoms with Crippen LogP contribution in [0.15, 0.2) is 35.9 Å². The molecule has 2 rings (SSSR count). The summed E-state index contributed by atoms with van der Waals surface area (Å²) in [6.45, 7) is 5.25. The molecule has 0 aromatic heterocycles. The van der Waals surface area contributed by atoms with Crippen LogP contribution in [0.2, 0.25) is 5.02 Å². The smallest absolute Gasteiger partial charge is 0.340 e. The van der Waals surface area contributed by atoms with Crippen LogP contribution in [0.3, 0.4) is 0 Å². The highest BCUT2D eigenvalue weighted by Gasteiger charge is 2.41. The van der Waals surface area contributed by atoms with Gasteiger partial charge in [0.25, 0.3) is 0 Å². The highest BCUT2D eigenvalue weighted by atomic mass is 35.5. The van der Waals surface area contributed by atoms with E-state index in [1.54, 1.807) is 45.0 Å². The first kappa shape index (κ1) is 16.7. The molecule has 0 spiro atoms. The molecule has 2 atom stereocenters. The Morgan fingerprint density at radius 3 is 2.64 bits per heavy atom. The third-order valence-corrected chi connectivity index (χ3v) is 4.21. The number of hydrogen-bond donors (Lipinski definition) is 1. The summed E-state index contributed by atoms with van der Waals surface area (Å²) in [5.74, 6) is -0.663. The Hall–Kier alpha value is -1.65. The van der Waals surface area contributed by atoms with Gasteiger partial charge in [-0.05, 0) is 30.7 Å². The van der Waals surface area contributed by atoms with E-state index in [1.807, 2.05) is 0 Å². The summed E-state index contributed by atoms with van der Waals surface area (Å²) in [6, 6.07) is 6.56. The normalized spacial score (nSPS) is 24.4. The molecule has 5 heteroatoms. The van der Waals surface area contributed by atoms with Crippen molar-refractivity contribution in [1.82, 2.24) is 0 Å². The summed E-state index contributed by atoms with van der Waals surface area (Å²) in [5.41, 5.74) is 0.0436. The molecule has 118 valence electrons. The largest absolute Gasteiger partial charge is 0.455 e. The zero-order chi connectivity index (χ0) is 16.5. The van der Waals surface area contributed by atoms with Crippen molar-refractivity contribution in [2.45, 2.75) is 39.4 Å². The fourth-order valence-corrected chi connectivity index (χ4v) is 2.80. The predicted molar refractivity (Wildman–Crippen MR) is 83.8 cm³/mol. The van der Waals surface area contributed by atoms with Crippen molar-refractivity contribution in [3.8, 4) is 0 Å². The monoisotopic (exact) mass is 322 g/mol. The van der Waals surface area contributed by atoms with E-state index in [2.05, 4.69) is 0 Å². The molecule has 0 aliphatic heterocycles. The lowest BCUT2D eigenvalue weighted by Gasteiger charge is -2.34. The quantitative estimate of drug-likeness (QED) is 0.849. The van der Waals surface area contributed by atoms with E-state index in [0.717, 1.165) is 0 Å². The van der Waals surface area contributed by atoms with Crippen LogP contribution in [0, 0.1) is 5.41 Å². The molecule has 0 saturated carbocycles. The van der Waals surface area contributed by atoms with Crippen molar-refractivity contribution in [2.24, 2.45) is 5.41 Å². The first-order valence-electron chi connectivity index (χ1n) is 7.07. The fraction of sp³-hybridized carbons (Fsp3) is 0.412. The number of esters is 1. The number of rotatable bonds is 2. The molecule has 1 N–H and O–H groups in total. The van der Waals surface area contributed by atoms with Gasteiger partial charge >= 0.3 is 5.97 Å². The minimum absolute atomic E-state index is 0.0552. The van der Waals surface area contributed by atoms with Gasteiger partial charge in [0.1, 0.15) is 12.2 Å². The average molecular weight is 323 g/mol. The standard InChI is InChI=1S/C17H19ClO4/c1-10-8-13(19)15(17(2,3)9-14(10)20)22-16(21)11-6-4-5-7-12(11)18/h4-8,13,15,19H,9H2,1-3H3. The van der Waals surface area contributed by atoms with Crippen molar-refractivity contribution in [3.05, 3.63) is 46.5 Å². The number of ketones is 1. The van der Waals surface area contributed by atoms with Gasteiger partial charge in [0.15, 0.2) is 5.78 Å². The van der Waals surface area contributed by atoms with Crippen LogP contribution in [0.5, 0.6) is 0 Å². The number of aliphatic hydroxyl groups excluding tert-OH is 1. The van der Waals surface area contributed by atoms with Crippen LogP contribution in [0.1, 0.15) is 37.6 Å². The Labute approximate surface area is 134 Å². The van der Waals surface area contributed by atoms with Crippen molar-refractivity contribution < 1.29 is 19.4 Å². The summed E-state index contributed by atoms with van der Waals surface area (Å²) in [7, 11) is 0. The van der Waals surface area contributed by atoms with Gasteiger partial charge in [-0.1, -0.05) is 37.6 Å². The second kappa shape index (κ2) is 6.23. The molecule has 0 saturated heterocycles. The topological polar surface area (TPSA) is 63.6 Å². The number of allylic oxidation sites excluding steroid dienone is 1. The average Bonchev–Trinajstić information content (AvgIpc) is 2.49. The van der Waals surface area contributed by atoms with Gasteiger partial charge in [0.05, 0.1) is 10.6 Å². The van der Waals surface area contributed by atoms with E-state index in [-0.39, 0.29) is 22.8 Å². The van der Waals surface area contributed by atoms with Gasteiger partial charge in [0.2, 0.25) is 0 Å². The third-order valence-electron chi connectivity index (χ3n) is 3.88. The molecule has 1 aliphatic carbocycles. The predicted octanol–water partition coefficient (Wildman–Crippen LogP) is 3.17. The van der Waals surface area contributed by atoms with E-state index < -0.39 is 23.6 Å². The Morgan fingerprint density at radius 1 is 1.36 bits per heavy atom. The van der Waals surface area contributed by atoms with Gasteiger partial charge < -0.3 is 9.84 Å². The molecule has 0 heterocycles. The molecular formula is C17H19ClO4. The molecule has 1 aliphatic rings. The lowest BCUT2D eigenvalue weighted by atomic mass is 9.80. The van der Waals surface area contributed by atoms with Crippen LogP contribution < -0.4 is 0 Å². The van der Waals surface area contributed by atoms with Gasteiger partial charge in [0, 0.05) is 11.8 Å². The molecule has 22 heavy (non-hydrogen) atoms. The second-order valence-corrected chi connectivity index (χ2v) is 6.64. The SMILES string of the molecule is CC1=CC(O)C(OC(=O)c2ccccc2Cl)C(C)(C)CC1=O. The number of ether oxygens (including phenoxy) is 1. The zero-order valence-electron chi connectivity index (χ0n) is 12.8. The summed E-state index contributed by atoms with van der Waals surface area (Å²) >= 11 is 5.99. The molecule has 1 aromatic rings. The fourth-order valence-electron chi connectivity index (χ4n) is 2.59. The Morgan fingerprint density at radius 2 is 2.00 bits per heavy atom. The van der Waals surface area contributed by atoms with Gasteiger partial charge in [-0.3, -0.25) is 4.79 Å².